The van der Waals surface area contributed by atoms with E-state index in [1.807, 2.05) is 0 Å². The summed E-state index contributed by atoms with van der Waals surface area (Å²) in [6.07, 6.45) is -0.409. The summed E-state index contributed by atoms with van der Waals surface area (Å²) in [5, 5.41) is 0. The fraction of sp³-hybridized carbons (Fsp3) is 0.625. The lowest BCUT2D eigenvalue weighted by Crippen LogP contribution is -2.16. The monoisotopic (exact) mass is 188 g/mol. The topological polar surface area (TPSA) is 69.7 Å². The van der Waals surface area contributed by atoms with Gasteiger partial charge in [-0.15, -0.1) is 0 Å². The summed E-state index contributed by atoms with van der Waals surface area (Å²) < 4.78 is 8.71. The lowest BCUT2D eigenvalue weighted by atomic mass is 10.4. The molecule has 0 spiro atoms. The number of hydrogen-bond acceptors (Lipinski definition) is 5. The van der Waals surface area contributed by atoms with Gasteiger partial charge in [0.25, 0.3) is 0 Å². The molecule has 5 nitrogen and oxygen atoms in total. The van der Waals surface area contributed by atoms with Crippen LogP contribution in [0.2, 0.25) is 0 Å². The van der Waals surface area contributed by atoms with Gasteiger partial charge in [0.2, 0.25) is 0 Å². The van der Waals surface area contributed by atoms with Crippen LogP contribution in [0.25, 0.3) is 0 Å². The van der Waals surface area contributed by atoms with Gasteiger partial charge in [0.1, 0.15) is 6.42 Å². The first-order valence-corrected chi connectivity index (χ1v) is 3.99. The van der Waals surface area contributed by atoms with Crippen LogP contribution in [0.3, 0.4) is 0 Å². The molecule has 0 saturated carbocycles. The quantitative estimate of drug-likeness (QED) is 0.472. The molecule has 0 bridgehead atoms. The van der Waals surface area contributed by atoms with Crippen LogP contribution >= 0.6 is 0 Å². The molecular weight excluding hydrogens is 176 g/mol. The molecule has 0 aromatic heterocycles. The molecule has 0 aromatic rings. The number of carbonyl (C=O) groups excluding carboxylic acids is 3. The Hall–Kier alpha value is -1.39. The van der Waals surface area contributed by atoms with Crippen molar-refractivity contribution >= 4 is 17.9 Å². The van der Waals surface area contributed by atoms with E-state index in [1.54, 1.807) is 13.8 Å². The third kappa shape index (κ3) is 5.84. The van der Waals surface area contributed by atoms with Crippen LogP contribution in [-0.2, 0) is 23.9 Å². The molecular formula is C8H12O5. The largest absolute Gasteiger partial charge is 0.466 e. The molecule has 0 aliphatic heterocycles. The molecule has 13 heavy (non-hydrogen) atoms. The highest BCUT2D eigenvalue weighted by molar-refractivity contribution is 5.96. The van der Waals surface area contributed by atoms with Crippen LogP contribution in [0.15, 0.2) is 0 Å². The number of ether oxygens (including phenoxy) is 2. The van der Waals surface area contributed by atoms with Gasteiger partial charge in [-0.2, -0.15) is 0 Å². The van der Waals surface area contributed by atoms with Crippen molar-refractivity contribution in [2.24, 2.45) is 0 Å². The number of rotatable bonds is 4. The smallest absolute Gasteiger partial charge is 0.324 e. The van der Waals surface area contributed by atoms with E-state index in [0.29, 0.717) is 0 Å². The summed E-state index contributed by atoms with van der Waals surface area (Å²) in [5.74, 6) is -2.20. The molecule has 0 fully saturated rings. The molecule has 0 atom stereocenters. The third-order valence-corrected chi connectivity index (χ3v) is 1.11. The highest BCUT2D eigenvalue weighted by atomic mass is 16.6. The van der Waals surface area contributed by atoms with Crippen molar-refractivity contribution in [1.29, 1.82) is 0 Å². The minimum absolute atomic E-state index is 0.106. The van der Waals surface area contributed by atoms with E-state index in [9.17, 15) is 14.4 Å². The maximum absolute atomic E-state index is 10.8. The maximum Gasteiger partial charge on any atom is 0.324 e. The van der Waals surface area contributed by atoms with Crippen molar-refractivity contribution in [3.63, 3.8) is 0 Å². The Kier molecular flexibility index (Phi) is 5.50. The zero-order valence-electron chi connectivity index (χ0n) is 7.66. The van der Waals surface area contributed by atoms with Gasteiger partial charge in [0.15, 0.2) is 0 Å². The lowest BCUT2D eigenvalue weighted by Gasteiger charge is -2.00. The van der Waals surface area contributed by atoms with Crippen LogP contribution in [0, 0.1) is 0 Å². The second kappa shape index (κ2) is 6.16. The van der Waals surface area contributed by atoms with Crippen molar-refractivity contribution in [2.75, 3.05) is 6.61 Å². The second-order valence-electron chi connectivity index (χ2n) is 2.18. The second-order valence-corrected chi connectivity index (χ2v) is 2.18. The van der Waals surface area contributed by atoms with E-state index in [2.05, 4.69) is 9.47 Å². The molecule has 5 heteroatoms. The Bertz CT molecular complexity index is 209. The highest BCUT2D eigenvalue weighted by Gasteiger charge is 2.14. The molecule has 0 aliphatic rings. The Morgan fingerprint density at radius 2 is 1.62 bits per heavy atom. The number of carbonyl (C=O) groups is 3. The number of hydrogen-bond donors (Lipinski definition) is 0. The van der Waals surface area contributed by atoms with Gasteiger partial charge in [-0.1, -0.05) is 6.92 Å². The predicted octanol–water partition coefficient (Wildman–Crippen LogP) is 0.419. The van der Waals surface area contributed by atoms with Gasteiger partial charge in [-0.3, -0.25) is 14.4 Å². The first-order valence-electron chi connectivity index (χ1n) is 3.99. The van der Waals surface area contributed by atoms with Gasteiger partial charge >= 0.3 is 17.9 Å². The molecule has 0 rings (SSSR count). The van der Waals surface area contributed by atoms with E-state index >= 15 is 0 Å². The van der Waals surface area contributed by atoms with E-state index < -0.39 is 24.3 Å². The molecule has 0 unspecified atom stereocenters. The van der Waals surface area contributed by atoms with Crippen molar-refractivity contribution in [2.45, 2.75) is 26.7 Å². The first-order chi connectivity index (χ1) is 6.10. The Labute approximate surface area is 76.0 Å². The number of esters is 3. The van der Waals surface area contributed by atoms with Crippen molar-refractivity contribution < 1.29 is 23.9 Å². The molecule has 0 heterocycles. The minimum atomic E-state index is -0.870. The minimum Gasteiger partial charge on any atom is -0.466 e. The summed E-state index contributed by atoms with van der Waals surface area (Å²) in [6, 6.07) is 0. The fourth-order valence-corrected chi connectivity index (χ4v) is 0.565. The van der Waals surface area contributed by atoms with Crippen LogP contribution in [0.5, 0.6) is 0 Å². The van der Waals surface area contributed by atoms with E-state index in [-0.39, 0.29) is 13.0 Å². The Morgan fingerprint density at radius 3 is 2.08 bits per heavy atom. The first kappa shape index (κ1) is 11.6. The summed E-state index contributed by atoms with van der Waals surface area (Å²) in [6.45, 7) is 3.38. The Morgan fingerprint density at radius 1 is 1.00 bits per heavy atom. The van der Waals surface area contributed by atoms with E-state index in [0.717, 1.165) is 0 Å². The maximum atomic E-state index is 10.8. The standard InChI is InChI=1S/C8H12O5/c1-3-6(9)13-8(11)5-7(10)12-4-2/h3-5H2,1-2H3. The van der Waals surface area contributed by atoms with E-state index in [4.69, 9.17) is 0 Å². The van der Waals surface area contributed by atoms with Gasteiger partial charge in [0, 0.05) is 6.42 Å². The van der Waals surface area contributed by atoms with Crippen molar-refractivity contribution in [3.05, 3.63) is 0 Å². The van der Waals surface area contributed by atoms with E-state index in [1.165, 1.54) is 0 Å². The average molecular weight is 188 g/mol. The van der Waals surface area contributed by atoms with Crippen LogP contribution in [0.4, 0.5) is 0 Å². The van der Waals surface area contributed by atoms with Crippen molar-refractivity contribution in [3.8, 4) is 0 Å². The highest BCUT2D eigenvalue weighted by Crippen LogP contribution is 1.93. The molecule has 0 radical (unpaired) electrons. The van der Waals surface area contributed by atoms with Gasteiger partial charge < -0.3 is 9.47 Å². The summed E-state index contributed by atoms with van der Waals surface area (Å²) in [5.41, 5.74) is 0. The normalized spacial score (nSPS) is 9.08. The van der Waals surface area contributed by atoms with Gasteiger partial charge in [-0.25, -0.2) is 0 Å². The average Bonchev–Trinajstić information content (AvgIpc) is 2.04. The predicted molar refractivity (Wildman–Crippen MR) is 42.6 cm³/mol. The zero-order chi connectivity index (χ0) is 10.3. The molecule has 0 aromatic carbocycles. The molecule has 0 N–H and O–H groups in total. The zero-order valence-corrected chi connectivity index (χ0v) is 7.66. The summed E-state index contributed by atoms with van der Waals surface area (Å²) in [4.78, 5) is 32.0. The molecule has 0 amide bonds. The van der Waals surface area contributed by atoms with Crippen LogP contribution in [-0.4, -0.2) is 24.5 Å². The van der Waals surface area contributed by atoms with Gasteiger partial charge in [0.05, 0.1) is 6.61 Å². The van der Waals surface area contributed by atoms with Crippen LogP contribution in [0.1, 0.15) is 26.7 Å². The van der Waals surface area contributed by atoms with Crippen molar-refractivity contribution in [1.82, 2.24) is 0 Å². The molecule has 0 saturated heterocycles. The lowest BCUT2D eigenvalue weighted by molar-refractivity contribution is -0.162. The SMILES string of the molecule is CCOC(=O)CC(=O)OC(=O)CC. The third-order valence-electron chi connectivity index (χ3n) is 1.11. The van der Waals surface area contributed by atoms with Crippen LogP contribution < -0.4 is 0 Å². The van der Waals surface area contributed by atoms with Gasteiger partial charge in [-0.05, 0) is 6.92 Å². The fourth-order valence-electron chi connectivity index (χ4n) is 0.565. The molecule has 0 aliphatic carbocycles. The summed E-state index contributed by atoms with van der Waals surface area (Å²) >= 11 is 0. The Balaban J connectivity index is 3.74. The summed E-state index contributed by atoms with van der Waals surface area (Å²) in [7, 11) is 0. The molecule has 74 valence electrons.